The quantitative estimate of drug-likeness (QED) is 0.695. The lowest BCUT2D eigenvalue weighted by Gasteiger charge is -2.07. The van der Waals surface area contributed by atoms with Gasteiger partial charge in [0.1, 0.15) is 5.52 Å². The number of nitrogens with one attached hydrogen (secondary N) is 1. The van der Waals surface area contributed by atoms with Gasteiger partial charge in [-0.2, -0.15) is 0 Å². The van der Waals surface area contributed by atoms with Crippen molar-refractivity contribution in [2.45, 2.75) is 0 Å². The van der Waals surface area contributed by atoms with Crippen molar-refractivity contribution in [3.63, 3.8) is 0 Å². The van der Waals surface area contributed by atoms with Crippen molar-refractivity contribution < 1.29 is 4.79 Å². The number of rotatable bonds is 2. The minimum atomic E-state index is -0.164. The molecule has 0 saturated carbocycles. The van der Waals surface area contributed by atoms with Gasteiger partial charge in [0.25, 0.3) is 5.91 Å². The Labute approximate surface area is 132 Å². The van der Waals surface area contributed by atoms with Crippen molar-refractivity contribution in [2.75, 3.05) is 5.32 Å². The summed E-state index contributed by atoms with van der Waals surface area (Å²) in [7, 11) is 0. The zero-order valence-corrected chi connectivity index (χ0v) is 13.2. The molecule has 0 aliphatic carbocycles. The highest BCUT2D eigenvalue weighted by Crippen LogP contribution is 2.32. The monoisotopic (exact) mass is 366 g/mol. The molecule has 0 unspecified atom stereocenters. The van der Waals surface area contributed by atoms with Crippen LogP contribution in [0.3, 0.4) is 0 Å². The molecule has 1 N–H and O–H groups in total. The number of aromatic nitrogens is 1. The standard InChI is InChI=1S/C14H8BrClN2OS/c15-9-3-1-2-8(6-9)14(19)18-11-5-4-10(16)12-13(11)20-7-17-12/h1-7H,(H,18,19). The van der Waals surface area contributed by atoms with Gasteiger partial charge in [-0.05, 0) is 30.3 Å². The first-order valence-electron chi connectivity index (χ1n) is 5.74. The van der Waals surface area contributed by atoms with E-state index < -0.39 is 0 Å². The van der Waals surface area contributed by atoms with Crippen LogP contribution in [0, 0.1) is 0 Å². The third-order valence-corrected chi connectivity index (χ3v) is 4.43. The molecule has 0 radical (unpaired) electrons. The predicted molar refractivity (Wildman–Crippen MR) is 86.7 cm³/mol. The fraction of sp³-hybridized carbons (Fsp3) is 0. The van der Waals surface area contributed by atoms with Crippen LogP contribution in [0.4, 0.5) is 5.69 Å². The van der Waals surface area contributed by atoms with Crippen LogP contribution >= 0.6 is 38.9 Å². The molecular formula is C14H8BrClN2OS. The van der Waals surface area contributed by atoms with Gasteiger partial charge < -0.3 is 5.32 Å². The van der Waals surface area contributed by atoms with Crippen LogP contribution in [0.2, 0.25) is 5.02 Å². The predicted octanol–water partition coefficient (Wildman–Crippen LogP) is 4.96. The Balaban J connectivity index is 1.95. The van der Waals surface area contributed by atoms with Gasteiger partial charge in [-0.1, -0.05) is 33.6 Å². The summed E-state index contributed by atoms with van der Waals surface area (Å²) in [5.41, 5.74) is 3.73. The van der Waals surface area contributed by atoms with Crippen LogP contribution in [0.1, 0.15) is 10.4 Å². The zero-order chi connectivity index (χ0) is 14.1. The van der Waals surface area contributed by atoms with E-state index in [1.165, 1.54) is 11.3 Å². The molecule has 3 nitrogen and oxygen atoms in total. The van der Waals surface area contributed by atoms with Gasteiger partial charge in [0.15, 0.2) is 0 Å². The Morgan fingerprint density at radius 3 is 2.95 bits per heavy atom. The first kappa shape index (κ1) is 13.5. The number of benzene rings is 2. The van der Waals surface area contributed by atoms with E-state index in [0.29, 0.717) is 16.1 Å². The molecule has 1 aromatic heterocycles. The number of thiazole rings is 1. The molecule has 3 aromatic rings. The number of nitrogens with zero attached hydrogens (tertiary/aromatic N) is 1. The van der Waals surface area contributed by atoms with Crippen molar-refractivity contribution in [2.24, 2.45) is 0 Å². The van der Waals surface area contributed by atoms with E-state index in [9.17, 15) is 4.79 Å². The highest BCUT2D eigenvalue weighted by molar-refractivity contribution is 9.10. The number of fused-ring (bicyclic) bond motifs is 1. The smallest absolute Gasteiger partial charge is 0.255 e. The lowest BCUT2D eigenvalue weighted by Crippen LogP contribution is -2.11. The Kier molecular flexibility index (Phi) is 3.74. The molecular weight excluding hydrogens is 360 g/mol. The van der Waals surface area contributed by atoms with Gasteiger partial charge in [0.2, 0.25) is 0 Å². The maximum atomic E-state index is 12.2. The second kappa shape index (κ2) is 5.52. The number of amides is 1. The Morgan fingerprint density at radius 1 is 1.30 bits per heavy atom. The molecule has 0 fully saturated rings. The van der Waals surface area contributed by atoms with Gasteiger partial charge in [-0.3, -0.25) is 4.79 Å². The summed E-state index contributed by atoms with van der Waals surface area (Å²) >= 11 is 10.9. The van der Waals surface area contributed by atoms with Crippen molar-refractivity contribution in [3.05, 3.63) is 57.0 Å². The summed E-state index contributed by atoms with van der Waals surface area (Å²) in [4.78, 5) is 16.4. The lowest BCUT2D eigenvalue weighted by molar-refractivity contribution is 0.102. The second-order valence-corrected chi connectivity index (χ2v) is 6.27. The maximum Gasteiger partial charge on any atom is 0.255 e. The van der Waals surface area contributed by atoms with Crippen LogP contribution in [0.5, 0.6) is 0 Å². The SMILES string of the molecule is O=C(Nc1ccc(Cl)c2ncsc12)c1cccc(Br)c1. The molecule has 1 heterocycles. The van der Waals surface area contributed by atoms with Crippen LogP contribution in [0.25, 0.3) is 10.2 Å². The van der Waals surface area contributed by atoms with Gasteiger partial charge in [0, 0.05) is 10.0 Å². The molecule has 2 aromatic carbocycles. The minimum Gasteiger partial charge on any atom is -0.321 e. The summed E-state index contributed by atoms with van der Waals surface area (Å²) < 4.78 is 1.74. The van der Waals surface area contributed by atoms with Gasteiger partial charge >= 0.3 is 0 Å². The van der Waals surface area contributed by atoms with Crippen molar-refractivity contribution in [3.8, 4) is 0 Å². The van der Waals surface area contributed by atoms with Crippen molar-refractivity contribution in [1.82, 2.24) is 4.98 Å². The number of carbonyl (C=O) groups excluding carboxylic acids is 1. The average molecular weight is 368 g/mol. The van der Waals surface area contributed by atoms with E-state index in [-0.39, 0.29) is 5.91 Å². The molecule has 0 bridgehead atoms. The van der Waals surface area contributed by atoms with Gasteiger partial charge in [0.05, 0.1) is 20.9 Å². The molecule has 6 heteroatoms. The highest BCUT2D eigenvalue weighted by Gasteiger charge is 2.11. The number of anilines is 1. The first-order chi connectivity index (χ1) is 9.65. The summed E-state index contributed by atoms with van der Waals surface area (Å²) in [5.74, 6) is -0.164. The van der Waals surface area contributed by atoms with Crippen molar-refractivity contribution in [1.29, 1.82) is 0 Å². The van der Waals surface area contributed by atoms with E-state index >= 15 is 0 Å². The second-order valence-electron chi connectivity index (χ2n) is 4.09. The molecule has 3 rings (SSSR count). The average Bonchev–Trinajstić information content (AvgIpc) is 2.92. The van der Waals surface area contributed by atoms with Gasteiger partial charge in [-0.25, -0.2) is 4.98 Å². The van der Waals surface area contributed by atoms with Crippen LogP contribution in [0.15, 0.2) is 46.4 Å². The fourth-order valence-corrected chi connectivity index (χ4v) is 3.29. The summed E-state index contributed by atoms with van der Waals surface area (Å²) in [6.07, 6.45) is 0. The Hall–Kier alpha value is -1.43. The van der Waals surface area contributed by atoms with Crippen LogP contribution < -0.4 is 5.32 Å². The van der Waals surface area contributed by atoms with Crippen molar-refractivity contribution >= 4 is 60.7 Å². The number of hydrogen-bond acceptors (Lipinski definition) is 3. The topological polar surface area (TPSA) is 42.0 Å². The van der Waals surface area contributed by atoms with Crippen LogP contribution in [-0.2, 0) is 0 Å². The summed E-state index contributed by atoms with van der Waals surface area (Å²) in [5, 5.41) is 3.48. The molecule has 1 amide bonds. The van der Waals surface area contributed by atoms with Crippen LogP contribution in [-0.4, -0.2) is 10.9 Å². The molecule has 0 aliphatic rings. The van der Waals surface area contributed by atoms with E-state index in [0.717, 1.165) is 14.9 Å². The molecule has 0 aliphatic heterocycles. The molecule has 0 atom stereocenters. The van der Waals surface area contributed by atoms with Gasteiger partial charge in [-0.15, -0.1) is 11.3 Å². The van der Waals surface area contributed by atoms with E-state index in [1.807, 2.05) is 12.1 Å². The Bertz CT molecular complexity index is 803. The van der Waals surface area contributed by atoms with E-state index in [4.69, 9.17) is 11.6 Å². The number of halogens is 2. The maximum absolute atomic E-state index is 12.2. The zero-order valence-electron chi connectivity index (χ0n) is 10.1. The minimum absolute atomic E-state index is 0.164. The largest absolute Gasteiger partial charge is 0.321 e. The third-order valence-electron chi connectivity index (χ3n) is 2.77. The highest BCUT2D eigenvalue weighted by atomic mass is 79.9. The molecule has 20 heavy (non-hydrogen) atoms. The fourth-order valence-electron chi connectivity index (χ4n) is 1.84. The third kappa shape index (κ3) is 2.57. The first-order valence-corrected chi connectivity index (χ1v) is 7.79. The Morgan fingerprint density at radius 2 is 2.15 bits per heavy atom. The number of carbonyl (C=O) groups is 1. The lowest BCUT2D eigenvalue weighted by atomic mass is 10.2. The summed E-state index contributed by atoms with van der Waals surface area (Å²) in [6, 6.07) is 10.8. The molecule has 100 valence electrons. The normalized spacial score (nSPS) is 10.7. The molecule has 0 spiro atoms. The molecule has 0 saturated heterocycles. The summed E-state index contributed by atoms with van der Waals surface area (Å²) in [6.45, 7) is 0. The number of hydrogen-bond donors (Lipinski definition) is 1. The van der Waals surface area contributed by atoms with E-state index in [1.54, 1.807) is 29.8 Å². The van der Waals surface area contributed by atoms with E-state index in [2.05, 4.69) is 26.2 Å².